The summed E-state index contributed by atoms with van der Waals surface area (Å²) in [4.78, 5) is 15.8. The molecule has 0 aliphatic heterocycles. The van der Waals surface area contributed by atoms with Gasteiger partial charge in [-0.15, -0.1) is 22.7 Å². The van der Waals surface area contributed by atoms with Gasteiger partial charge in [-0.05, 0) is 82.2 Å². The van der Waals surface area contributed by atoms with E-state index in [0.29, 0.717) is 17.5 Å². The molecule has 0 aliphatic rings. The smallest absolute Gasteiger partial charge is 0.164 e. The maximum atomic E-state index is 5.36. The van der Waals surface area contributed by atoms with Crippen LogP contribution >= 0.6 is 22.7 Å². The van der Waals surface area contributed by atoms with E-state index in [9.17, 15) is 0 Å². The van der Waals surface area contributed by atoms with Crippen molar-refractivity contribution in [3.05, 3.63) is 206 Å². The highest BCUT2D eigenvalue weighted by Gasteiger charge is 2.23. The molecule has 0 amide bonds. The van der Waals surface area contributed by atoms with Crippen LogP contribution in [0, 0.1) is 0 Å². The summed E-state index contributed by atoms with van der Waals surface area (Å²) in [6.45, 7) is 0. The van der Waals surface area contributed by atoms with Crippen molar-refractivity contribution in [2.75, 3.05) is 0 Å². The van der Waals surface area contributed by atoms with Crippen LogP contribution in [0.15, 0.2) is 206 Å². The molecular weight excluding hydrogens is 829 g/mol. The number of fused-ring (bicyclic) bond motifs is 11. The molecule has 65 heavy (non-hydrogen) atoms. The molecule has 0 saturated heterocycles. The molecule has 0 aliphatic carbocycles. The number of hydrogen-bond acceptors (Lipinski definition) is 5. The van der Waals surface area contributed by atoms with Crippen molar-refractivity contribution in [2.24, 2.45) is 0 Å². The molecule has 14 rings (SSSR count). The summed E-state index contributed by atoms with van der Waals surface area (Å²) in [7, 11) is 0. The molecule has 0 saturated carbocycles. The van der Waals surface area contributed by atoms with E-state index in [-0.39, 0.29) is 0 Å². The van der Waals surface area contributed by atoms with Gasteiger partial charge in [0, 0.05) is 78.9 Å². The predicted octanol–water partition coefficient (Wildman–Crippen LogP) is 16.7. The molecule has 302 valence electrons. The van der Waals surface area contributed by atoms with Gasteiger partial charge in [0.1, 0.15) is 0 Å². The minimum Gasteiger partial charge on any atom is -0.309 e. The second-order valence-corrected chi connectivity index (χ2v) is 18.9. The monoisotopic (exact) mass is 862 g/mol. The highest BCUT2D eigenvalue weighted by molar-refractivity contribution is 7.26. The summed E-state index contributed by atoms with van der Waals surface area (Å²) in [5, 5.41) is 12.3. The summed E-state index contributed by atoms with van der Waals surface area (Å²) in [6, 6.07) is 74.6. The van der Waals surface area contributed by atoms with Gasteiger partial charge in [0.15, 0.2) is 17.5 Å². The van der Waals surface area contributed by atoms with Crippen LogP contribution in [0.2, 0.25) is 0 Å². The topological polar surface area (TPSA) is 43.6 Å². The van der Waals surface area contributed by atoms with Gasteiger partial charge in [-0.2, -0.15) is 0 Å². The van der Waals surface area contributed by atoms with Gasteiger partial charge in [0.25, 0.3) is 0 Å². The molecule has 10 aromatic carbocycles. The van der Waals surface area contributed by atoms with E-state index in [1.807, 2.05) is 29.5 Å². The zero-order valence-electron chi connectivity index (χ0n) is 34.7. The Morgan fingerprint density at radius 1 is 0.323 bits per heavy atom. The molecule has 0 bridgehead atoms. The minimum absolute atomic E-state index is 0.623. The third-order valence-electron chi connectivity index (χ3n) is 13.0. The first-order valence-corrected chi connectivity index (χ1v) is 23.5. The Labute approximate surface area is 381 Å². The fraction of sp³-hybridized carbons (Fsp3) is 0. The number of para-hydroxylation sites is 1. The first-order chi connectivity index (χ1) is 32.2. The first-order valence-electron chi connectivity index (χ1n) is 21.8. The number of thiophene rings is 2. The Balaban J connectivity index is 1.09. The van der Waals surface area contributed by atoms with Crippen LogP contribution in [0.3, 0.4) is 0 Å². The normalized spacial score (nSPS) is 12.0. The number of nitrogens with zero attached hydrogens (tertiary/aromatic N) is 4. The number of hydrogen-bond donors (Lipinski definition) is 0. The summed E-state index contributed by atoms with van der Waals surface area (Å²) in [5.74, 6) is 1.90. The molecule has 0 unspecified atom stereocenters. The Bertz CT molecular complexity index is 4250. The van der Waals surface area contributed by atoms with Gasteiger partial charge in [0.05, 0.1) is 16.7 Å². The zero-order chi connectivity index (χ0) is 42.6. The van der Waals surface area contributed by atoms with Crippen LogP contribution in [-0.4, -0.2) is 19.5 Å². The fourth-order valence-corrected chi connectivity index (χ4v) is 12.3. The van der Waals surface area contributed by atoms with E-state index >= 15 is 0 Å². The van der Waals surface area contributed by atoms with E-state index in [4.69, 9.17) is 15.0 Å². The Morgan fingerprint density at radius 2 is 0.892 bits per heavy atom. The number of rotatable bonds is 5. The van der Waals surface area contributed by atoms with Crippen molar-refractivity contribution in [3.63, 3.8) is 0 Å². The van der Waals surface area contributed by atoms with E-state index in [1.54, 1.807) is 11.3 Å². The zero-order valence-corrected chi connectivity index (χ0v) is 36.4. The van der Waals surface area contributed by atoms with Gasteiger partial charge in [-0.25, -0.2) is 15.0 Å². The molecule has 0 N–H and O–H groups in total. The second-order valence-electron chi connectivity index (χ2n) is 16.7. The van der Waals surface area contributed by atoms with Crippen LogP contribution in [0.4, 0.5) is 0 Å². The number of aromatic nitrogens is 4. The van der Waals surface area contributed by atoms with E-state index < -0.39 is 0 Å². The lowest BCUT2D eigenvalue weighted by molar-refractivity contribution is 1.07. The highest BCUT2D eigenvalue weighted by Crippen LogP contribution is 2.48. The van der Waals surface area contributed by atoms with Crippen molar-refractivity contribution in [2.45, 2.75) is 0 Å². The molecule has 4 nitrogen and oxygen atoms in total. The lowest BCUT2D eigenvalue weighted by Gasteiger charge is -2.19. The van der Waals surface area contributed by atoms with Gasteiger partial charge >= 0.3 is 0 Å². The van der Waals surface area contributed by atoms with Crippen LogP contribution in [0.25, 0.3) is 135 Å². The lowest BCUT2D eigenvalue weighted by atomic mass is 9.91. The van der Waals surface area contributed by atoms with Gasteiger partial charge in [-0.3, -0.25) is 0 Å². The molecule has 14 aromatic rings. The van der Waals surface area contributed by atoms with Crippen LogP contribution in [0.1, 0.15) is 0 Å². The van der Waals surface area contributed by atoms with Crippen molar-refractivity contribution in [1.82, 2.24) is 19.5 Å². The maximum absolute atomic E-state index is 5.36. The summed E-state index contributed by atoms with van der Waals surface area (Å²) < 4.78 is 7.49. The first kappa shape index (κ1) is 36.5. The molecule has 6 heteroatoms. The summed E-state index contributed by atoms with van der Waals surface area (Å²) >= 11 is 3.66. The van der Waals surface area contributed by atoms with Crippen LogP contribution in [-0.2, 0) is 0 Å². The largest absolute Gasteiger partial charge is 0.309 e. The Morgan fingerprint density at radius 3 is 1.69 bits per heavy atom. The SMILES string of the molecule is c1ccc(-c2nc(-c3ccc(-n4c5ccccc5c5cc6ccccc6cc54)c(-c4c5ccccc5cc5sc6ccccc6c45)c3)nc(-c3ccc4c(c3)sc3ccccc34)n2)cc1. The lowest BCUT2D eigenvalue weighted by Crippen LogP contribution is -2.02. The van der Waals surface area contributed by atoms with Gasteiger partial charge in [-0.1, -0.05) is 146 Å². The average Bonchev–Trinajstić information content (AvgIpc) is 4.03. The third kappa shape index (κ3) is 5.71. The summed E-state index contributed by atoms with van der Waals surface area (Å²) in [6.07, 6.45) is 0. The molecule has 0 atom stereocenters. The molecule has 0 fully saturated rings. The van der Waals surface area contributed by atoms with E-state index in [0.717, 1.165) is 39.0 Å². The van der Waals surface area contributed by atoms with Gasteiger partial charge < -0.3 is 4.57 Å². The molecular formula is C59H34N4S2. The molecule has 4 aromatic heterocycles. The molecule has 4 heterocycles. The average molecular weight is 863 g/mol. The van der Waals surface area contributed by atoms with Crippen molar-refractivity contribution in [1.29, 1.82) is 0 Å². The van der Waals surface area contributed by atoms with Crippen molar-refractivity contribution >= 4 is 106 Å². The van der Waals surface area contributed by atoms with Crippen LogP contribution < -0.4 is 0 Å². The summed E-state index contributed by atoms with van der Waals surface area (Å²) in [5.41, 5.74) is 8.54. The number of benzene rings is 10. The van der Waals surface area contributed by atoms with Crippen molar-refractivity contribution in [3.8, 4) is 51.0 Å². The van der Waals surface area contributed by atoms with Crippen molar-refractivity contribution < 1.29 is 0 Å². The van der Waals surface area contributed by atoms with E-state index in [1.165, 1.54) is 78.2 Å². The predicted molar refractivity (Wildman–Crippen MR) is 277 cm³/mol. The maximum Gasteiger partial charge on any atom is 0.164 e. The standard InChI is InChI=1S/C59H34N4S2/c1-2-14-35(15-3-1)57-60-58(62-59(61-57)40-26-28-44-43-21-9-12-24-51(43)64-53(44)34-40)39-27-29-49(63-48-23-11-8-20-42(48)46-30-36-16-4-5-17-37(36)32-50(46)63)47(31-39)55-41-19-7-6-18-38(41)33-54-56(55)45-22-10-13-25-52(45)65-54/h1-34H. The van der Waals surface area contributed by atoms with Crippen LogP contribution in [0.5, 0.6) is 0 Å². The second kappa shape index (κ2) is 14.2. The fourth-order valence-electron chi connectivity index (χ4n) is 10.0. The Kier molecular flexibility index (Phi) is 7.99. The molecule has 0 radical (unpaired) electrons. The Hall–Kier alpha value is -8.03. The minimum atomic E-state index is 0.623. The quantitative estimate of drug-likeness (QED) is 0.173. The highest BCUT2D eigenvalue weighted by atomic mass is 32.1. The van der Waals surface area contributed by atoms with E-state index in [2.05, 4.69) is 193 Å². The molecule has 0 spiro atoms. The third-order valence-corrected chi connectivity index (χ3v) is 15.3. The van der Waals surface area contributed by atoms with Gasteiger partial charge in [0.2, 0.25) is 0 Å².